The van der Waals surface area contributed by atoms with Gasteiger partial charge in [0.25, 0.3) is 0 Å². The average Bonchev–Trinajstić information content (AvgIpc) is 3.45. The van der Waals surface area contributed by atoms with E-state index in [1.165, 1.54) is 11.1 Å². The van der Waals surface area contributed by atoms with Crippen LogP contribution in [0.2, 0.25) is 0 Å². The summed E-state index contributed by atoms with van der Waals surface area (Å²) in [6.07, 6.45) is 5.02. The van der Waals surface area contributed by atoms with Crippen LogP contribution in [0.15, 0.2) is 66.7 Å². The molecule has 2 fully saturated rings. The molecule has 6 heteroatoms. The van der Waals surface area contributed by atoms with Crippen LogP contribution in [-0.4, -0.2) is 47.3 Å². The number of carbonyl (C=O) groups excluding carboxylic acids is 1. The number of rotatable bonds is 5. The van der Waals surface area contributed by atoms with Gasteiger partial charge in [0.1, 0.15) is 0 Å². The second-order valence-corrected chi connectivity index (χ2v) is 10.1. The van der Waals surface area contributed by atoms with E-state index in [0.29, 0.717) is 0 Å². The number of anilines is 1. The van der Waals surface area contributed by atoms with Gasteiger partial charge in [-0.2, -0.15) is 5.10 Å². The van der Waals surface area contributed by atoms with E-state index in [2.05, 4.69) is 81.1 Å². The first-order chi connectivity index (χ1) is 17.7. The number of hydrogen-bond donors (Lipinski definition) is 2. The van der Waals surface area contributed by atoms with Crippen molar-refractivity contribution in [3.8, 4) is 0 Å². The lowest BCUT2D eigenvalue weighted by Crippen LogP contribution is -2.35. The smallest absolute Gasteiger partial charge is 0.235 e. The lowest BCUT2D eigenvalue weighted by Gasteiger charge is -2.26. The quantitative estimate of drug-likeness (QED) is 0.428. The molecule has 0 bridgehead atoms. The minimum absolute atomic E-state index is 0.123. The zero-order chi connectivity index (χ0) is 24.1. The predicted molar refractivity (Wildman–Crippen MR) is 142 cm³/mol. The number of benzene rings is 3. The number of aromatic amines is 1. The number of morpholine rings is 1. The van der Waals surface area contributed by atoms with Crippen LogP contribution >= 0.6 is 0 Å². The molecule has 3 aromatic carbocycles. The van der Waals surface area contributed by atoms with Crippen molar-refractivity contribution < 1.29 is 9.53 Å². The van der Waals surface area contributed by atoms with Crippen LogP contribution in [0.3, 0.4) is 0 Å². The van der Waals surface area contributed by atoms with Crippen molar-refractivity contribution in [3.05, 3.63) is 94.7 Å². The molecular formula is C30H28N4O2. The molecular weight excluding hydrogens is 448 g/mol. The topological polar surface area (TPSA) is 70.2 Å². The highest BCUT2D eigenvalue weighted by Gasteiger charge is 2.65. The third kappa shape index (κ3) is 3.56. The molecule has 3 aliphatic rings. The molecule has 1 amide bonds. The number of aromatic nitrogens is 2. The maximum atomic E-state index is 12.9. The standard InChI is InChI=1S/C30H28N4O2/c35-29-30(24-3-1-2-4-27(24)31-29)18-25(30)22-10-11-23-26(32-33-28(23)17-22)12-9-20-5-7-21(8-6-20)19-34-13-15-36-16-14-34/h1-12,17,25H,13-16,18-19H2,(H,31,35)(H,32,33)/b12-9+. The van der Waals surface area contributed by atoms with Crippen LogP contribution in [0, 0.1) is 0 Å². The number of ether oxygens (including phenoxy) is 1. The van der Waals surface area contributed by atoms with Gasteiger partial charge in [-0.05, 0) is 46.9 Å². The maximum Gasteiger partial charge on any atom is 0.235 e. The van der Waals surface area contributed by atoms with Gasteiger partial charge in [-0.25, -0.2) is 0 Å². The largest absolute Gasteiger partial charge is 0.379 e. The first-order valence-electron chi connectivity index (χ1n) is 12.7. The van der Waals surface area contributed by atoms with Crippen LogP contribution in [0.1, 0.15) is 40.3 Å². The first kappa shape index (κ1) is 21.5. The van der Waals surface area contributed by atoms with Crippen molar-refractivity contribution in [1.29, 1.82) is 0 Å². The molecule has 3 heterocycles. The van der Waals surface area contributed by atoms with Gasteiger partial charge in [0.2, 0.25) is 5.91 Å². The van der Waals surface area contributed by atoms with Crippen LogP contribution < -0.4 is 5.32 Å². The Morgan fingerprint density at radius 1 is 1.03 bits per heavy atom. The van der Waals surface area contributed by atoms with E-state index in [4.69, 9.17) is 4.74 Å². The SMILES string of the molecule is O=C1Nc2ccccc2C12CC2c1ccc2c(/C=C/c3ccc(CN4CCOCC4)cc3)n[nH]c2c1. The summed E-state index contributed by atoms with van der Waals surface area (Å²) in [6, 6.07) is 23.2. The number of H-pyrrole nitrogens is 1. The van der Waals surface area contributed by atoms with Gasteiger partial charge in [0.15, 0.2) is 0 Å². The summed E-state index contributed by atoms with van der Waals surface area (Å²) in [5.41, 5.74) is 7.25. The van der Waals surface area contributed by atoms with Crippen LogP contribution in [-0.2, 0) is 21.5 Å². The molecule has 1 saturated heterocycles. The summed E-state index contributed by atoms with van der Waals surface area (Å²) in [4.78, 5) is 15.3. The van der Waals surface area contributed by atoms with Gasteiger partial charge < -0.3 is 10.1 Å². The Morgan fingerprint density at radius 2 is 1.86 bits per heavy atom. The molecule has 6 nitrogen and oxygen atoms in total. The number of hydrogen-bond acceptors (Lipinski definition) is 4. The van der Waals surface area contributed by atoms with Gasteiger partial charge in [-0.3, -0.25) is 14.8 Å². The normalized spacial score (nSPS) is 23.4. The fraction of sp³-hybridized carbons (Fsp3) is 0.267. The van der Waals surface area contributed by atoms with E-state index < -0.39 is 5.41 Å². The Labute approximate surface area is 210 Å². The molecule has 1 saturated carbocycles. The fourth-order valence-corrected chi connectivity index (χ4v) is 5.88. The van der Waals surface area contributed by atoms with Gasteiger partial charge in [-0.15, -0.1) is 0 Å². The van der Waals surface area contributed by atoms with Gasteiger partial charge >= 0.3 is 0 Å². The van der Waals surface area contributed by atoms with E-state index in [1.54, 1.807) is 0 Å². The van der Waals surface area contributed by atoms with Gasteiger partial charge in [-0.1, -0.05) is 60.7 Å². The molecule has 2 unspecified atom stereocenters. The van der Waals surface area contributed by atoms with Crippen LogP contribution in [0.5, 0.6) is 0 Å². The van der Waals surface area contributed by atoms with Crippen molar-refractivity contribution in [2.45, 2.75) is 24.3 Å². The van der Waals surface area contributed by atoms with Crippen molar-refractivity contribution in [1.82, 2.24) is 15.1 Å². The number of nitrogens with zero attached hydrogens (tertiary/aromatic N) is 2. The second kappa shape index (κ2) is 8.43. The molecule has 0 radical (unpaired) electrons. The molecule has 7 rings (SSSR count). The van der Waals surface area contributed by atoms with E-state index >= 15 is 0 Å². The number of carbonyl (C=O) groups is 1. The molecule has 1 aliphatic carbocycles. The molecule has 1 aromatic heterocycles. The van der Waals surface area contributed by atoms with E-state index in [9.17, 15) is 4.79 Å². The molecule has 2 aliphatic heterocycles. The highest BCUT2D eigenvalue weighted by Crippen LogP contribution is 2.64. The summed E-state index contributed by atoms with van der Waals surface area (Å²) in [5, 5.41) is 11.9. The molecule has 36 heavy (non-hydrogen) atoms. The summed E-state index contributed by atoms with van der Waals surface area (Å²) in [6.45, 7) is 4.61. The van der Waals surface area contributed by atoms with E-state index in [-0.39, 0.29) is 11.8 Å². The van der Waals surface area contributed by atoms with Crippen LogP contribution in [0.25, 0.3) is 23.1 Å². The number of fused-ring (bicyclic) bond motifs is 3. The molecule has 180 valence electrons. The Kier molecular flexibility index (Phi) is 5.04. The third-order valence-electron chi connectivity index (χ3n) is 7.96. The molecule has 4 aromatic rings. The summed E-state index contributed by atoms with van der Waals surface area (Å²) >= 11 is 0. The third-order valence-corrected chi connectivity index (χ3v) is 7.96. The lowest BCUT2D eigenvalue weighted by atomic mass is 9.92. The predicted octanol–water partition coefficient (Wildman–Crippen LogP) is 4.94. The molecule has 1 spiro atoms. The Bertz CT molecular complexity index is 1480. The van der Waals surface area contributed by atoms with E-state index in [1.807, 2.05) is 18.2 Å². The fourth-order valence-electron chi connectivity index (χ4n) is 5.88. The van der Waals surface area contributed by atoms with Crippen molar-refractivity contribution in [2.24, 2.45) is 0 Å². The van der Waals surface area contributed by atoms with Crippen molar-refractivity contribution >= 4 is 34.6 Å². The van der Waals surface area contributed by atoms with E-state index in [0.717, 1.165) is 72.7 Å². The lowest BCUT2D eigenvalue weighted by molar-refractivity contribution is -0.118. The number of nitrogens with one attached hydrogen (secondary N) is 2. The minimum atomic E-state index is -0.416. The van der Waals surface area contributed by atoms with Gasteiger partial charge in [0.05, 0.1) is 29.8 Å². The Hall–Kier alpha value is -3.74. The van der Waals surface area contributed by atoms with Gasteiger partial charge in [0, 0.05) is 36.6 Å². The molecule has 2 N–H and O–H groups in total. The summed E-state index contributed by atoms with van der Waals surface area (Å²) in [5.74, 6) is 0.321. The van der Waals surface area contributed by atoms with Crippen molar-refractivity contribution in [3.63, 3.8) is 0 Å². The molecule has 2 atom stereocenters. The second-order valence-electron chi connectivity index (χ2n) is 10.1. The number of amides is 1. The van der Waals surface area contributed by atoms with Crippen LogP contribution in [0.4, 0.5) is 5.69 Å². The minimum Gasteiger partial charge on any atom is -0.379 e. The number of para-hydroxylation sites is 1. The first-order valence-corrected chi connectivity index (χ1v) is 12.7. The zero-order valence-corrected chi connectivity index (χ0v) is 20.0. The Morgan fingerprint density at radius 3 is 2.72 bits per heavy atom. The highest BCUT2D eigenvalue weighted by molar-refractivity contribution is 6.09. The maximum absolute atomic E-state index is 12.9. The van der Waals surface area contributed by atoms with Crippen molar-refractivity contribution in [2.75, 3.05) is 31.6 Å². The zero-order valence-electron chi connectivity index (χ0n) is 20.0. The monoisotopic (exact) mass is 476 g/mol. The summed E-state index contributed by atoms with van der Waals surface area (Å²) in [7, 11) is 0. The highest BCUT2D eigenvalue weighted by atomic mass is 16.5. The Balaban J connectivity index is 1.08. The average molecular weight is 477 g/mol. The summed E-state index contributed by atoms with van der Waals surface area (Å²) < 4.78 is 5.44.